The number of benzene rings is 2. The molecule has 0 aliphatic rings. The Balaban J connectivity index is 2.25. The fraction of sp³-hybridized carbons (Fsp3) is 0.0714. The fourth-order valence-electron chi connectivity index (χ4n) is 1.76. The minimum atomic E-state index is -1.91. The second-order valence-electron chi connectivity index (χ2n) is 4.12. The molecule has 0 amide bonds. The number of hydrogen-bond donors (Lipinski definition) is 0. The maximum Gasteiger partial charge on any atom is 0.285 e. The molecule has 0 spiro atoms. The zero-order chi connectivity index (χ0) is 15.4. The van der Waals surface area contributed by atoms with Gasteiger partial charge in [-0.05, 0) is 18.2 Å². The van der Waals surface area contributed by atoms with E-state index in [4.69, 9.17) is 0 Å². The van der Waals surface area contributed by atoms with Crippen molar-refractivity contribution in [2.24, 2.45) is 0 Å². The maximum atomic E-state index is 13.5. The standard InChI is InChI=1S/C14H10FNO4S/c15-11-6-2-1-5-10(11)13(17)9-21(20)14-8-4-3-7-12(14)16(18)19/h1-8H,9H2. The molecule has 0 bridgehead atoms. The second kappa shape index (κ2) is 6.36. The predicted molar refractivity (Wildman–Crippen MR) is 75.1 cm³/mol. The van der Waals surface area contributed by atoms with Gasteiger partial charge in [-0.1, -0.05) is 24.3 Å². The molecule has 2 aromatic carbocycles. The van der Waals surface area contributed by atoms with Gasteiger partial charge in [0, 0.05) is 6.07 Å². The molecular weight excluding hydrogens is 297 g/mol. The number of nitro benzene ring substituents is 1. The molecule has 0 aromatic heterocycles. The van der Waals surface area contributed by atoms with Crippen molar-refractivity contribution >= 4 is 22.3 Å². The zero-order valence-corrected chi connectivity index (χ0v) is 11.5. The Labute approximate surface area is 122 Å². The van der Waals surface area contributed by atoms with Crippen LogP contribution in [0.4, 0.5) is 10.1 Å². The van der Waals surface area contributed by atoms with Crippen molar-refractivity contribution in [2.45, 2.75) is 4.90 Å². The Morgan fingerprint density at radius 2 is 1.76 bits per heavy atom. The summed E-state index contributed by atoms with van der Waals surface area (Å²) >= 11 is 0. The van der Waals surface area contributed by atoms with Crippen LogP contribution in [0.2, 0.25) is 0 Å². The normalized spacial score (nSPS) is 11.9. The van der Waals surface area contributed by atoms with Crippen LogP contribution in [0.3, 0.4) is 0 Å². The van der Waals surface area contributed by atoms with E-state index >= 15 is 0 Å². The molecule has 7 heteroatoms. The summed E-state index contributed by atoms with van der Waals surface area (Å²) in [7, 11) is -1.91. The van der Waals surface area contributed by atoms with Gasteiger partial charge in [0.1, 0.15) is 10.7 Å². The summed E-state index contributed by atoms with van der Waals surface area (Å²) in [5.41, 5.74) is -0.499. The van der Waals surface area contributed by atoms with Crippen LogP contribution >= 0.6 is 0 Å². The quantitative estimate of drug-likeness (QED) is 0.483. The summed E-state index contributed by atoms with van der Waals surface area (Å²) < 4.78 is 25.6. The van der Waals surface area contributed by atoms with Crippen molar-refractivity contribution in [3.63, 3.8) is 0 Å². The Bertz CT molecular complexity index is 732. The SMILES string of the molecule is O=C(CS(=O)c1ccccc1[N+](=O)[O-])c1ccccc1F. The van der Waals surface area contributed by atoms with Gasteiger partial charge in [0.15, 0.2) is 5.78 Å². The zero-order valence-electron chi connectivity index (χ0n) is 10.7. The van der Waals surface area contributed by atoms with Gasteiger partial charge in [-0.3, -0.25) is 19.1 Å². The van der Waals surface area contributed by atoms with Crippen LogP contribution in [0.5, 0.6) is 0 Å². The van der Waals surface area contributed by atoms with E-state index in [9.17, 15) is 23.5 Å². The van der Waals surface area contributed by atoms with E-state index in [1.807, 2.05) is 0 Å². The van der Waals surface area contributed by atoms with Crippen LogP contribution in [0.15, 0.2) is 53.4 Å². The highest BCUT2D eigenvalue weighted by molar-refractivity contribution is 7.86. The molecule has 108 valence electrons. The topological polar surface area (TPSA) is 77.3 Å². The lowest BCUT2D eigenvalue weighted by Crippen LogP contribution is -2.13. The number of ketones is 1. The molecule has 5 nitrogen and oxygen atoms in total. The highest BCUT2D eigenvalue weighted by Crippen LogP contribution is 2.22. The molecule has 0 radical (unpaired) electrons. The monoisotopic (exact) mass is 307 g/mol. The van der Waals surface area contributed by atoms with E-state index in [-0.39, 0.29) is 16.1 Å². The summed E-state index contributed by atoms with van der Waals surface area (Å²) in [5.74, 6) is -1.88. The van der Waals surface area contributed by atoms with Crippen molar-refractivity contribution in [3.8, 4) is 0 Å². The van der Waals surface area contributed by atoms with Gasteiger partial charge in [-0.2, -0.15) is 0 Å². The highest BCUT2D eigenvalue weighted by Gasteiger charge is 2.21. The van der Waals surface area contributed by atoms with Crippen LogP contribution in [-0.4, -0.2) is 20.7 Å². The lowest BCUT2D eigenvalue weighted by molar-refractivity contribution is -0.387. The van der Waals surface area contributed by atoms with E-state index in [2.05, 4.69) is 0 Å². The maximum absolute atomic E-state index is 13.5. The first-order valence-electron chi connectivity index (χ1n) is 5.90. The van der Waals surface area contributed by atoms with Crippen molar-refractivity contribution in [3.05, 3.63) is 70.0 Å². The fourth-order valence-corrected chi connectivity index (χ4v) is 2.92. The van der Waals surface area contributed by atoms with Crippen molar-refractivity contribution in [1.82, 2.24) is 0 Å². The predicted octanol–water partition coefficient (Wildman–Crippen LogP) is 2.72. The number of para-hydroxylation sites is 1. The third-order valence-corrected chi connectivity index (χ3v) is 4.10. The molecule has 0 saturated heterocycles. The molecule has 0 saturated carbocycles. The summed E-state index contributed by atoms with van der Waals surface area (Å²) in [6.07, 6.45) is 0. The number of Topliss-reactive ketones (excluding diaryl/α,β-unsaturated/α-hetero) is 1. The van der Waals surface area contributed by atoms with Gasteiger partial charge in [-0.25, -0.2) is 4.39 Å². The molecule has 2 rings (SSSR count). The van der Waals surface area contributed by atoms with E-state index in [1.54, 1.807) is 0 Å². The molecule has 0 aliphatic heterocycles. The largest absolute Gasteiger partial charge is 0.293 e. The average Bonchev–Trinajstić information content (AvgIpc) is 2.47. The molecule has 0 aliphatic carbocycles. The van der Waals surface area contributed by atoms with Gasteiger partial charge in [-0.15, -0.1) is 0 Å². The number of carbonyl (C=O) groups excluding carboxylic acids is 1. The number of nitro groups is 1. The lowest BCUT2D eigenvalue weighted by atomic mass is 10.1. The number of rotatable bonds is 5. The Hall–Kier alpha value is -2.41. The number of nitrogens with zero attached hydrogens (tertiary/aromatic N) is 1. The average molecular weight is 307 g/mol. The van der Waals surface area contributed by atoms with Gasteiger partial charge in [0.2, 0.25) is 0 Å². The second-order valence-corrected chi connectivity index (χ2v) is 5.54. The van der Waals surface area contributed by atoms with E-state index in [1.165, 1.54) is 42.5 Å². The molecule has 21 heavy (non-hydrogen) atoms. The van der Waals surface area contributed by atoms with E-state index < -0.39 is 33.1 Å². The minimum Gasteiger partial charge on any atom is -0.293 e. The van der Waals surface area contributed by atoms with Crippen LogP contribution in [0.25, 0.3) is 0 Å². The first-order valence-corrected chi connectivity index (χ1v) is 7.22. The Kier molecular flexibility index (Phi) is 4.54. The third kappa shape index (κ3) is 3.38. The van der Waals surface area contributed by atoms with Crippen LogP contribution in [0.1, 0.15) is 10.4 Å². The summed E-state index contributed by atoms with van der Waals surface area (Å²) in [6.45, 7) is 0. The third-order valence-electron chi connectivity index (χ3n) is 2.74. The van der Waals surface area contributed by atoms with E-state index in [0.717, 1.165) is 6.07 Å². The smallest absolute Gasteiger partial charge is 0.285 e. The van der Waals surface area contributed by atoms with Crippen molar-refractivity contribution in [2.75, 3.05) is 5.75 Å². The minimum absolute atomic E-state index is 0.0489. The van der Waals surface area contributed by atoms with Gasteiger partial charge >= 0.3 is 0 Å². The first kappa shape index (κ1) is 15.0. The van der Waals surface area contributed by atoms with Crippen LogP contribution in [-0.2, 0) is 10.8 Å². The summed E-state index contributed by atoms with van der Waals surface area (Å²) in [5, 5.41) is 10.9. The highest BCUT2D eigenvalue weighted by atomic mass is 32.2. The van der Waals surface area contributed by atoms with Crippen molar-refractivity contribution in [1.29, 1.82) is 0 Å². The number of carbonyl (C=O) groups is 1. The molecular formula is C14H10FNO4S. The number of halogens is 1. The first-order chi connectivity index (χ1) is 10.0. The molecule has 0 heterocycles. The van der Waals surface area contributed by atoms with Crippen LogP contribution in [0, 0.1) is 15.9 Å². The van der Waals surface area contributed by atoms with Crippen LogP contribution < -0.4 is 0 Å². The number of hydrogen-bond acceptors (Lipinski definition) is 4. The van der Waals surface area contributed by atoms with Gasteiger partial charge < -0.3 is 0 Å². The Morgan fingerprint density at radius 3 is 2.43 bits per heavy atom. The lowest BCUT2D eigenvalue weighted by Gasteiger charge is -2.04. The molecule has 1 unspecified atom stereocenters. The molecule has 0 fully saturated rings. The molecule has 1 atom stereocenters. The van der Waals surface area contributed by atoms with E-state index in [0.29, 0.717) is 0 Å². The molecule has 2 aromatic rings. The van der Waals surface area contributed by atoms with Crippen molar-refractivity contribution < 1.29 is 18.3 Å². The van der Waals surface area contributed by atoms with Gasteiger partial charge in [0.25, 0.3) is 5.69 Å². The molecule has 0 N–H and O–H groups in total. The summed E-state index contributed by atoms with van der Waals surface area (Å²) in [4.78, 5) is 22.1. The Morgan fingerprint density at radius 1 is 1.14 bits per heavy atom. The summed E-state index contributed by atoms with van der Waals surface area (Å²) in [6, 6.07) is 10.8. The van der Waals surface area contributed by atoms with Gasteiger partial charge in [0.05, 0.1) is 27.0 Å².